The number of sulfone groups is 1. The SMILES string of the molecule is Cc1cc(C)c(NC2CCCC2S(C)(=O)=O)c(Br)c1. The summed E-state index contributed by atoms with van der Waals surface area (Å²) >= 11 is 3.56. The maximum Gasteiger partial charge on any atom is 0.152 e. The molecule has 5 heteroatoms. The standard InChI is InChI=1S/C14H20BrNO2S/c1-9-7-10(2)14(11(15)8-9)16-12-5-4-6-13(12)19(3,17)18/h7-8,12-13,16H,4-6H2,1-3H3. The van der Waals surface area contributed by atoms with Gasteiger partial charge in [-0.2, -0.15) is 0 Å². The van der Waals surface area contributed by atoms with E-state index in [9.17, 15) is 8.42 Å². The molecule has 3 nitrogen and oxygen atoms in total. The molecule has 0 aromatic heterocycles. The van der Waals surface area contributed by atoms with Crippen molar-refractivity contribution in [1.82, 2.24) is 0 Å². The molecule has 1 N–H and O–H groups in total. The summed E-state index contributed by atoms with van der Waals surface area (Å²) in [6.45, 7) is 4.10. The molecular weight excluding hydrogens is 326 g/mol. The molecule has 106 valence electrons. The van der Waals surface area contributed by atoms with Crippen LogP contribution in [0, 0.1) is 13.8 Å². The minimum Gasteiger partial charge on any atom is -0.380 e. The monoisotopic (exact) mass is 345 g/mol. The molecule has 2 unspecified atom stereocenters. The number of hydrogen-bond donors (Lipinski definition) is 1. The fourth-order valence-electron chi connectivity index (χ4n) is 2.89. The lowest BCUT2D eigenvalue weighted by atomic mass is 10.1. The highest BCUT2D eigenvalue weighted by Gasteiger charge is 2.35. The predicted molar refractivity (Wildman–Crippen MR) is 83.5 cm³/mol. The summed E-state index contributed by atoms with van der Waals surface area (Å²) in [5.74, 6) is 0. The zero-order chi connectivity index (χ0) is 14.2. The van der Waals surface area contributed by atoms with Crippen molar-refractivity contribution < 1.29 is 8.42 Å². The van der Waals surface area contributed by atoms with E-state index >= 15 is 0 Å². The Labute approximate surface area is 123 Å². The Balaban J connectivity index is 2.27. The summed E-state index contributed by atoms with van der Waals surface area (Å²) in [5, 5.41) is 3.17. The van der Waals surface area contributed by atoms with Crippen LogP contribution in [-0.4, -0.2) is 26.0 Å². The number of halogens is 1. The maximum atomic E-state index is 11.8. The molecule has 1 aliphatic rings. The molecule has 0 amide bonds. The van der Waals surface area contributed by atoms with Crippen LogP contribution < -0.4 is 5.32 Å². The first-order valence-corrected chi connectivity index (χ1v) is 9.26. The largest absolute Gasteiger partial charge is 0.380 e. The van der Waals surface area contributed by atoms with Gasteiger partial charge in [0.25, 0.3) is 0 Å². The van der Waals surface area contributed by atoms with Gasteiger partial charge in [-0.05, 0) is 66.2 Å². The summed E-state index contributed by atoms with van der Waals surface area (Å²) in [4.78, 5) is 0. The molecule has 2 rings (SSSR count). The van der Waals surface area contributed by atoms with Crippen LogP contribution in [0.5, 0.6) is 0 Å². The molecule has 1 aromatic rings. The van der Waals surface area contributed by atoms with E-state index in [0.29, 0.717) is 0 Å². The number of rotatable bonds is 3. The van der Waals surface area contributed by atoms with Gasteiger partial charge in [0.15, 0.2) is 9.84 Å². The molecule has 1 fully saturated rings. The molecule has 0 spiro atoms. The van der Waals surface area contributed by atoms with Gasteiger partial charge < -0.3 is 5.32 Å². The Hall–Kier alpha value is -0.550. The van der Waals surface area contributed by atoms with E-state index in [2.05, 4.69) is 40.3 Å². The third-order valence-electron chi connectivity index (χ3n) is 3.76. The number of hydrogen-bond acceptors (Lipinski definition) is 3. The molecule has 0 bridgehead atoms. The lowest BCUT2D eigenvalue weighted by Crippen LogP contribution is -2.34. The second kappa shape index (κ2) is 5.44. The average molecular weight is 346 g/mol. The summed E-state index contributed by atoms with van der Waals surface area (Å²) in [7, 11) is -2.98. The van der Waals surface area contributed by atoms with Crippen molar-refractivity contribution in [1.29, 1.82) is 0 Å². The van der Waals surface area contributed by atoms with Crippen molar-refractivity contribution in [2.75, 3.05) is 11.6 Å². The van der Waals surface area contributed by atoms with Crippen molar-refractivity contribution in [2.45, 2.75) is 44.4 Å². The van der Waals surface area contributed by atoms with Crippen LogP contribution in [0.3, 0.4) is 0 Å². The molecule has 0 heterocycles. The van der Waals surface area contributed by atoms with Gasteiger partial charge in [0, 0.05) is 16.8 Å². The Morgan fingerprint density at radius 2 is 1.95 bits per heavy atom. The molecule has 1 aromatic carbocycles. The quantitative estimate of drug-likeness (QED) is 0.912. The normalized spacial score (nSPS) is 23.6. The van der Waals surface area contributed by atoms with Crippen LogP contribution in [0.4, 0.5) is 5.69 Å². The van der Waals surface area contributed by atoms with E-state index in [-0.39, 0.29) is 11.3 Å². The van der Waals surface area contributed by atoms with Crippen molar-refractivity contribution in [3.8, 4) is 0 Å². The fourth-order valence-corrected chi connectivity index (χ4v) is 5.07. The van der Waals surface area contributed by atoms with Gasteiger partial charge in [0.1, 0.15) is 0 Å². The average Bonchev–Trinajstić information content (AvgIpc) is 2.70. The van der Waals surface area contributed by atoms with Gasteiger partial charge in [0.2, 0.25) is 0 Å². The Morgan fingerprint density at radius 3 is 2.53 bits per heavy atom. The summed E-state index contributed by atoms with van der Waals surface area (Å²) in [6, 6.07) is 4.18. The second-order valence-electron chi connectivity index (χ2n) is 5.49. The van der Waals surface area contributed by atoms with Crippen molar-refractivity contribution in [2.24, 2.45) is 0 Å². The van der Waals surface area contributed by atoms with Crippen molar-refractivity contribution >= 4 is 31.5 Å². The molecule has 0 saturated heterocycles. The topological polar surface area (TPSA) is 46.2 Å². The molecule has 1 saturated carbocycles. The Morgan fingerprint density at radius 1 is 1.26 bits per heavy atom. The lowest BCUT2D eigenvalue weighted by Gasteiger charge is -2.23. The first kappa shape index (κ1) is 14.9. The zero-order valence-electron chi connectivity index (χ0n) is 11.5. The van der Waals surface area contributed by atoms with E-state index in [1.54, 1.807) is 0 Å². The fraction of sp³-hybridized carbons (Fsp3) is 0.571. The van der Waals surface area contributed by atoms with Gasteiger partial charge >= 0.3 is 0 Å². The van der Waals surface area contributed by atoms with Crippen LogP contribution in [0.1, 0.15) is 30.4 Å². The number of anilines is 1. The molecule has 0 radical (unpaired) electrons. The predicted octanol–water partition coefficient (Wildman–Crippen LogP) is 3.44. The second-order valence-corrected chi connectivity index (χ2v) is 8.61. The van der Waals surface area contributed by atoms with Crippen LogP contribution in [0.2, 0.25) is 0 Å². The number of benzene rings is 1. The highest BCUT2D eigenvalue weighted by Crippen LogP contribution is 2.33. The summed E-state index contributed by atoms with van der Waals surface area (Å²) in [5.41, 5.74) is 3.36. The zero-order valence-corrected chi connectivity index (χ0v) is 13.9. The highest BCUT2D eigenvalue weighted by molar-refractivity contribution is 9.10. The highest BCUT2D eigenvalue weighted by atomic mass is 79.9. The van der Waals surface area contributed by atoms with Crippen LogP contribution >= 0.6 is 15.9 Å². The first-order valence-electron chi connectivity index (χ1n) is 6.51. The van der Waals surface area contributed by atoms with E-state index < -0.39 is 9.84 Å². The van der Waals surface area contributed by atoms with Gasteiger partial charge in [-0.25, -0.2) is 8.42 Å². The molecule has 1 aliphatic carbocycles. The summed E-state index contributed by atoms with van der Waals surface area (Å²) in [6.07, 6.45) is 3.99. The molecule has 2 atom stereocenters. The Bertz CT molecular complexity index is 560. The smallest absolute Gasteiger partial charge is 0.152 e. The minimum atomic E-state index is -2.98. The lowest BCUT2D eigenvalue weighted by molar-refractivity contribution is 0.579. The van der Waals surface area contributed by atoms with Crippen LogP contribution in [-0.2, 0) is 9.84 Å². The third kappa shape index (κ3) is 3.31. The van der Waals surface area contributed by atoms with E-state index in [1.807, 2.05) is 6.92 Å². The van der Waals surface area contributed by atoms with Gasteiger partial charge in [-0.3, -0.25) is 0 Å². The van der Waals surface area contributed by atoms with Crippen LogP contribution in [0.15, 0.2) is 16.6 Å². The first-order chi connectivity index (χ1) is 8.79. The van der Waals surface area contributed by atoms with Crippen molar-refractivity contribution in [3.63, 3.8) is 0 Å². The molecule has 0 aliphatic heterocycles. The number of nitrogens with one attached hydrogen (secondary N) is 1. The molecule has 19 heavy (non-hydrogen) atoms. The van der Waals surface area contributed by atoms with Gasteiger partial charge in [0.05, 0.1) is 10.9 Å². The summed E-state index contributed by atoms with van der Waals surface area (Å²) < 4.78 is 24.6. The van der Waals surface area contributed by atoms with E-state index in [1.165, 1.54) is 11.8 Å². The Kier molecular flexibility index (Phi) is 4.26. The number of aryl methyl sites for hydroxylation is 2. The van der Waals surface area contributed by atoms with E-state index in [0.717, 1.165) is 35.0 Å². The van der Waals surface area contributed by atoms with Crippen LogP contribution in [0.25, 0.3) is 0 Å². The van der Waals surface area contributed by atoms with E-state index in [4.69, 9.17) is 0 Å². The minimum absolute atomic E-state index is 0.0210. The molecular formula is C14H20BrNO2S. The van der Waals surface area contributed by atoms with Crippen molar-refractivity contribution in [3.05, 3.63) is 27.7 Å². The third-order valence-corrected chi connectivity index (χ3v) is 6.05. The van der Waals surface area contributed by atoms with Gasteiger partial charge in [-0.15, -0.1) is 0 Å². The van der Waals surface area contributed by atoms with Gasteiger partial charge in [-0.1, -0.05) is 6.07 Å². The maximum absolute atomic E-state index is 11.8.